The van der Waals surface area contributed by atoms with E-state index in [2.05, 4.69) is 4.99 Å². The lowest BCUT2D eigenvalue weighted by Crippen LogP contribution is -2.19. The highest BCUT2D eigenvalue weighted by Crippen LogP contribution is 2.26. The van der Waals surface area contributed by atoms with E-state index in [-0.39, 0.29) is 4.90 Å². The van der Waals surface area contributed by atoms with Crippen molar-refractivity contribution in [2.45, 2.75) is 11.8 Å². The second kappa shape index (κ2) is 6.74. The number of carbonyl (C=O) groups is 1. The highest BCUT2D eigenvalue weighted by Gasteiger charge is 2.19. The zero-order chi connectivity index (χ0) is 18.2. The highest BCUT2D eigenvalue weighted by atomic mass is 35.5. The van der Waals surface area contributed by atoms with Crippen molar-refractivity contribution < 1.29 is 13.2 Å². The summed E-state index contributed by atoms with van der Waals surface area (Å²) in [7, 11) is -1.93. The first-order valence-electron chi connectivity index (χ1n) is 7.39. The van der Waals surface area contributed by atoms with Gasteiger partial charge in [-0.05, 0) is 36.8 Å². The quantitative estimate of drug-likeness (QED) is 0.685. The van der Waals surface area contributed by atoms with Crippen LogP contribution in [0.15, 0.2) is 52.4 Å². The van der Waals surface area contributed by atoms with Gasteiger partial charge in [0.25, 0.3) is 5.91 Å². The molecule has 0 aliphatic heterocycles. The van der Waals surface area contributed by atoms with Crippen molar-refractivity contribution in [3.8, 4) is 0 Å². The molecule has 25 heavy (non-hydrogen) atoms. The second-order valence-corrected chi connectivity index (χ2v) is 8.95. The molecule has 2 aromatic carbocycles. The minimum atomic E-state index is -3.71. The van der Waals surface area contributed by atoms with Gasteiger partial charge < -0.3 is 4.57 Å². The summed E-state index contributed by atoms with van der Waals surface area (Å²) < 4.78 is 27.3. The summed E-state index contributed by atoms with van der Waals surface area (Å²) in [4.78, 5) is 16.8. The summed E-state index contributed by atoms with van der Waals surface area (Å²) in [6, 6.07) is 11.5. The van der Waals surface area contributed by atoms with Crippen LogP contribution in [0, 0.1) is 6.92 Å². The Morgan fingerprint density at radius 2 is 1.88 bits per heavy atom. The maximum atomic E-state index is 12.3. The van der Waals surface area contributed by atoms with Crippen LogP contribution in [-0.2, 0) is 21.7 Å². The molecule has 0 N–H and O–H groups in total. The number of rotatable bonds is 3. The van der Waals surface area contributed by atoms with E-state index in [0.29, 0.717) is 9.82 Å². The molecular formula is C17H15ClN2O3S2. The molecule has 3 aromatic rings. The van der Waals surface area contributed by atoms with Crippen molar-refractivity contribution in [1.82, 2.24) is 4.57 Å². The summed E-state index contributed by atoms with van der Waals surface area (Å²) in [5.74, 6) is -1.36. The molecule has 0 unspecified atom stereocenters. The Kier molecular flexibility index (Phi) is 4.81. The number of hydrogen-bond acceptors (Lipinski definition) is 4. The smallest absolute Gasteiger partial charge is 0.263 e. The molecule has 0 saturated heterocycles. The first kappa shape index (κ1) is 17.8. The molecule has 130 valence electrons. The van der Waals surface area contributed by atoms with Gasteiger partial charge in [-0.2, -0.15) is 4.99 Å². The van der Waals surface area contributed by atoms with Crippen LogP contribution in [0.3, 0.4) is 0 Å². The lowest BCUT2D eigenvalue weighted by Gasteiger charge is -2.02. The number of hydrogen-bond donors (Lipinski definition) is 0. The first-order valence-corrected chi connectivity index (χ1v) is 10.2. The number of carbonyl (C=O) groups excluding carboxylic acids is 1. The molecule has 0 atom stereocenters. The minimum absolute atomic E-state index is 0.113. The van der Waals surface area contributed by atoms with Crippen molar-refractivity contribution in [2.75, 3.05) is 5.75 Å². The Balaban J connectivity index is 1.99. The van der Waals surface area contributed by atoms with Gasteiger partial charge in [-0.15, -0.1) is 0 Å². The number of benzene rings is 2. The van der Waals surface area contributed by atoms with E-state index >= 15 is 0 Å². The maximum absolute atomic E-state index is 12.3. The van der Waals surface area contributed by atoms with Crippen molar-refractivity contribution in [2.24, 2.45) is 12.0 Å². The molecule has 8 heteroatoms. The predicted molar refractivity (Wildman–Crippen MR) is 99.6 cm³/mol. The summed E-state index contributed by atoms with van der Waals surface area (Å²) in [6.45, 7) is 1.89. The molecule has 0 aliphatic carbocycles. The van der Waals surface area contributed by atoms with Gasteiger partial charge in [0.2, 0.25) is 0 Å². The first-order chi connectivity index (χ1) is 11.8. The van der Waals surface area contributed by atoms with E-state index in [4.69, 9.17) is 11.6 Å². The van der Waals surface area contributed by atoms with E-state index in [1.807, 2.05) is 13.0 Å². The van der Waals surface area contributed by atoms with E-state index in [1.54, 1.807) is 35.9 Å². The number of halogens is 1. The van der Waals surface area contributed by atoms with Gasteiger partial charge >= 0.3 is 0 Å². The standard InChI is InChI=1S/C17H15ClN2O3S2/c1-11-13(18)8-9-14-16(11)20(2)17(24-14)19-15(21)10-25(22,23)12-6-4-3-5-7-12/h3-9H,10H2,1-2H3. The van der Waals surface area contributed by atoms with Gasteiger partial charge in [-0.25, -0.2) is 8.42 Å². The normalized spacial score (nSPS) is 12.7. The Hall–Kier alpha value is -1.96. The van der Waals surface area contributed by atoms with Crippen LogP contribution in [-0.4, -0.2) is 24.6 Å². The third kappa shape index (κ3) is 3.53. The molecule has 0 aliphatic rings. The average Bonchev–Trinajstić information content (AvgIpc) is 2.88. The van der Waals surface area contributed by atoms with Gasteiger partial charge in [0.15, 0.2) is 14.6 Å². The molecular weight excluding hydrogens is 380 g/mol. The topological polar surface area (TPSA) is 68.5 Å². The zero-order valence-electron chi connectivity index (χ0n) is 13.6. The fraction of sp³-hybridized carbons (Fsp3) is 0.176. The Morgan fingerprint density at radius 3 is 2.56 bits per heavy atom. The summed E-state index contributed by atoms with van der Waals surface area (Å²) in [5, 5.41) is 0.630. The van der Waals surface area contributed by atoms with Crippen molar-refractivity contribution in [3.05, 3.63) is 57.9 Å². The molecule has 1 amide bonds. The molecule has 0 spiro atoms. The fourth-order valence-corrected chi connectivity index (χ4v) is 4.90. The summed E-state index contributed by atoms with van der Waals surface area (Å²) in [5.41, 5.74) is 1.78. The van der Waals surface area contributed by atoms with Crippen LogP contribution in [0.1, 0.15) is 5.56 Å². The Bertz CT molecular complexity index is 1130. The second-order valence-electron chi connectivity index (χ2n) is 5.54. The molecule has 1 aromatic heterocycles. The predicted octanol–water partition coefficient (Wildman–Crippen LogP) is 3.10. The monoisotopic (exact) mass is 394 g/mol. The van der Waals surface area contributed by atoms with Crippen LogP contribution in [0.4, 0.5) is 0 Å². The summed E-state index contributed by atoms with van der Waals surface area (Å²) >= 11 is 7.46. The van der Waals surface area contributed by atoms with Gasteiger partial charge in [0.1, 0.15) is 5.75 Å². The van der Waals surface area contributed by atoms with Gasteiger partial charge in [-0.1, -0.05) is 41.1 Å². The molecule has 5 nitrogen and oxygen atoms in total. The Morgan fingerprint density at radius 1 is 1.20 bits per heavy atom. The number of fused-ring (bicyclic) bond motifs is 1. The van der Waals surface area contributed by atoms with E-state index in [9.17, 15) is 13.2 Å². The third-order valence-corrected chi connectivity index (χ3v) is 6.91. The lowest BCUT2D eigenvalue weighted by molar-refractivity contribution is -0.115. The van der Waals surface area contributed by atoms with Crippen molar-refractivity contribution in [1.29, 1.82) is 0 Å². The molecule has 1 heterocycles. The molecule has 0 fully saturated rings. The van der Waals surface area contributed by atoms with Crippen LogP contribution in [0.2, 0.25) is 5.02 Å². The van der Waals surface area contributed by atoms with E-state index < -0.39 is 21.5 Å². The van der Waals surface area contributed by atoms with Crippen LogP contribution < -0.4 is 4.80 Å². The largest absolute Gasteiger partial charge is 0.319 e. The van der Waals surface area contributed by atoms with Crippen LogP contribution >= 0.6 is 22.9 Å². The number of amides is 1. The summed E-state index contributed by atoms with van der Waals surface area (Å²) in [6.07, 6.45) is 0. The third-order valence-electron chi connectivity index (χ3n) is 3.79. The highest BCUT2D eigenvalue weighted by molar-refractivity contribution is 7.92. The average molecular weight is 395 g/mol. The van der Waals surface area contributed by atoms with Crippen molar-refractivity contribution in [3.63, 3.8) is 0 Å². The maximum Gasteiger partial charge on any atom is 0.263 e. The van der Waals surface area contributed by atoms with Gasteiger partial charge in [0, 0.05) is 12.1 Å². The molecule has 0 radical (unpaired) electrons. The number of nitrogens with zero attached hydrogens (tertiary/aromatic N) is 2. The van der Waals surface area contributed by atoms with Crippen LogP contribution in [0.25, 0.3) is 10.2 Å². The lowest BCUT2D eigenvalue weighted by atomic mass is 10.2. The van der Waals surface area contributed by atoms with Crippen molar-refractivity contribution >= 4 is 48.9 Å². The SMILES string of the molecule is Cc1c(Cl)ccc2sc(=NC(=O)CS(=O)(=O)c3ccccc3)n(C)c12. The number of thiazole rings is 1. The molecule has 0 bridgehead atoms. The zero-order valence-corrected chi connectivity index (χ0v) is 16.0. The van der Waals surface area contributed by atoms with Crippen LogP contribution in [0.5, 0.6) is 0 Å². The fourth-order valence-electron chi connectivity index (χ4n) is 2.52. The van der Waals surface area contributed by atoms with Gasteiger partial charge in [0.05, 0.1) is 15.1 Å². The molecule has 0 saturated carbocycles. The number of aryl methyl sites for hydroxylation is 2. The number of aromatic nitrogens is 1. The van der Waals surface area contributed by atoms with Gasteiger partial charge in [-0.3, -0.25) is 4.79 Å². The number of sulfone groups is 1. The van der Waals surface area contributed by atoms with E-state index in [0.717, 1.165) is 15.8 Å². The minimum Gasteiger partial charge on any atom is -0.319 e. The van der Waals surface area contributed by atoms with E-state index in [1.165, 1.54) is 23.5 Å². The Labute approximate surface area is 154 Å². The molecule has 3 rings (SSSR count).